The summed E-state index contributed by atoms with van der Waals surface area (Å²) in [6, 6.07) is 9.53. The molecular weight excluding hydrogens is 326 g/mol. The van der Waals surface area contributed by atoms with Gasteiger partial charge in [0.2, 0.25) is 0 Å². The summed E-state index contributed by atoms with van der Waals surface area (Å²) in [6.07, 6.45) is 3.85. The number of nitrogens with one attached hydrogen (secondary N) is 1. The Morgan fingerprint density at radius 3 is 2.46 bits per heavy atom. The zero-order valence-electron chi connectivity index (χ0n) is 16.7. The Morgan fingerprint density at radius 2 is 1.92 bits per heavy atom. The smallest absolute Gasteiger partial charge is 0.407 e. The first-order chi connectivity index (χ1) is 12.1. The summed E-state index contributed by atoms with van der Waals surface area (Å²) in [5.41, 5.74) is 1.31. The number of hydrogen-bond acceptors (Lipinski definition) is 3. The highest BCUT2D eigenvalue weighted by Gasteiger charge is 2.28. The first kappa shape index (κ1) is 22.0. The van der Waals surface area contributed by atoms with Crippen LogP contribution in [0.25, 0.3) is 6.08 Å². The highest BCUT2D eigenvalue weighted by molar-refractivity contribution is 5.68. The molecule has 1 aromatic carbocycles. The van der Waals surface area contributed by atoms with Gasteiger partial charge in [-0.05, 0) is 38.7 Å². The summed E-state index contributed by atoms with van der Waals surface area (Å²) < 4.78 is 5.33. The summed E-state index contributed by atoms with van der Waals surface area (Å²) in [7, 11) is 0. The van der Waals surface area contributed by atoms with Crippen molar-refractivity contribution in [2.75, 3.05) is 0 Å². The molecule has 144 valence electrons. The number of ether oxygens (including phenoxy) is 1. The molecule has 4 heteroatoms. The lowest BCUT2D eigenvalue weighted by Crippen LogP contribution is -2.49. The van der Waals surface area contributed by atoms with Gasteiger partial charge in [0, 0.05) is 0 Å². The minimum Gasteiger partial charge on any atom is -0.444 e. The van der Waals surface area contributed by atoms with Crippen LogP contribution in [0.4, 0.5) is 4.79 Å². The molecule has 0 aliphatic rings. The van der Waals surface area contributed by atoms with Crippen LogP contribution in [-0.2, 0) is 4.74 Å². The maximum Gasteiger partial charge on any atom is 0.407 e. The minimum absolute atomic E-state index is 0.114. The summed E-state index contributed by atoms with van der Waals surface area (Å²) in [6.45, 7) is 13.5. The van der Waals surface area contributed by atoms with E-state index >= 15 is 0 Å². The zero-order chi connectivity index (χ0) is 19.7. The van der Waals surface area contributed by atoms with E-state index in [4.69, 9.17) is 4.74 Å². The third kappa shape index (κ3) is 8.34. The van der Waals surface area contributed by atoms with Crippen molar-refractivity contribution in [1.29, 1.82) is 0 Å². The number of allylic oxidation sites excluding steroid dienone is 1. The van der Waals surface area contributed by atoms with Gasteiger partial charge >= 0.3 is 6.09 Å². The summed E-state index contributed by atoms with van der Waals surface area (Å²) in [5.74, 6) is 0.114. The van der Waals surface area contributed by atoms with E-state index in [1.807, 2.05) is 77.1 Å². The highest BCUT2D eigenvalue weighted by atomic mass is 16.6. The van der Waals surface area contributed by atoms with Gasteiger partial charge in [-0.1, -0.05) is 74.9 Å². The lowest BCUT2D eigenvalue weighted by Gasteiger charge is -2.30. The van der Waals surface area contributed by atoms with Gasteiger partial charge in [0.1, 0.15) is 5.60 Å². The van der Waals surface area contributed by atoms with Gasteiger partial charge in [-0.3, -0.25) is 0 Å². The average molecular weight is 360 g/mol. The number of carbonyl (C=O) groups is 1. The van der Waals surface area contributed by atoms with Crippen molar-refractivity contribution in [3.63, 3.8) is 0 Å². The number of rotatable bonds is 8. The number of aliphatic hydroxyl groups is 1. The second-order valence-corrected chi connectivity index (χ2v) is 7.73. The predicted octanol–water partition coefficient (Wildman–Crippen LogP) is 4.95. The third-order valence-corrected chi connectivity index (χ3v) is 4.14. The van der Waals surface area contributed by atoms with E-state index in [0.717, 1.165) is 17.6 Å². The molecule has 0 aromatic heterocycles. The molecule has 0 aliphatic carbocycles. The first-order valence-electron chi connectivity index (χ1n) is 9.21. The van der Waals surface area contributed by atoms with Gasteiger partial charge in [-0.15, -0.1) is 0 Å². The van der Waals surface area contributed by atoms with Crippen LogP contribution in [0.15, 0.2) is 48.6 Å². The second-order valence-electron chi connectivity index (χ2n) is 7.73. The van der Waals surface area contributed by atoms with E-state index in [0.29, 0.717) is 6.42 Å². The van der Waals surface area contributed by atoms with Gasteiger partial charge < -0.3 is 15.2 Å². The lowest BCUT2D eigenvalue weighted by atomic mass is 9.91. The van der Waals surface area contributed by atoms with Crippen LogP contribution < -0.4 is 5.32 Å². The van der Waals surface area contributed by atoms with E-state index in [9.17, 15) is 9.90 Å². The molecule has 26 heavy (non-hydrogen) atoms. The number of benzene rings is 1. The van der Waals surface area contributed by atoms with Gasteiger partial charge in [0.25, 0.3) is 0 Å². The van der Waals surface area contributed by atoms with Crippen LogP contribution in [0.3, 0.4) is 0 Å². The van der Waals surface area contributed by atoms with Crippen molar-refractivity contribution in [1.82, 2.24) is 5.32 Å². The van der Waals surface area contributed by atoms with Crippen LogP contribution in [0, 0.1) is 5.92 Å². The topological polar surface area (TPSA) is 58.6 Å². The molecule has 0 heterocycles. The van der Waals surface area contributed by atoms with Gasteiger partial charge in [0.15, 0.2) is 0 Å². The Kier molecular flexibility index (Phi) is 8.59. The van der Waals surface area contributed by atoms with Gasteiger partial charge in [0.05, 0.1) is 12.1 Å². The van der Waals surface area contributed by atoms with Gasteiger partial charge in [-0.2, -0.15) is 0 Å². The standard InChI is InChI=1S/C22H33NO3/c1-7-17(3)20(23-21(25)26-22(4,5)6)19(24)15-16(2)13-14-18-11-9-8-10-12-18/h8-14,17,19-20,24H,2,7,15H2,1,3-6H3,(H,23,25)/b14-13+/t17?,19-,20-/m0/s1. The van der Waals surface area contributed by atoms with E-state index in [2.05, 4.69) is 11.9 Å². The zero-order valence-corrected chi connectivity index (χ0v) is 16.7. The Bertz CT molecular complexity index is 602. The van der Waals surface area contributed by atoms with Crippen molar-refractivity contribution in [3.05, 3.63) is 54.1 Å². The monoisotopic (exact) mass is 359 g/mol. The van der Waals surface area contributed by atoms with Crippen molar-refractivity contribution in [2.24, 2.45) is 5.92 Å². The Hall–Kier alpha value is -2.07. The largest absolute Gasteiger partial charge is 0.444 e. The van der Waals surface area contributed by atoms with Crippen molar-refractivity contribution < 1.29 is 14.6 Å². The lowest BCUT2D eigenvalue weighted by molar-refractivity contribution is 0.0365. The Labute approximate surface area is 158 Å². The molecule has 3 atom stereocenters. The number of amides is 1. The quantitative estimate of drug-likeness (QED) is 0.646. The molecule has 0 bridgehead atoms. The summed E-state index contributed by atoms with van der Waals surface area (Å²) >= 11 is 0. The summed E-state index contributed by atoms with van der Waals surface area (Å²) in [5, 5.41) is 13.5. The number of hydrogen-bond donors (Lipinski definition) is 2. The average Bonchev–Trinajstić information content (AvgIpc) is 2.56. The minimum atomic E-state index is -0.731. The molecule has 2 N–H and O–H groups in total. The van der Waals surface area contributed by atoms with Crippen molar-refractivity contribution in [3.8, 4) is 0 Å². The van der Waals surface area contributed by atoms with E-state index in [1.54, 1.807) is 0 Å². The Balaban J connectivity index is 2.70. The molecule has 0 fully saturated rings. The van der Waals surface area contributed by atoms with Crippen LogP contribution in [0.5, 0.6) is 0 Å². The van der Waals surface area contributed by atoms with Crippen molar-refractivity contribution >= 4 is 12.2 Å². The second kappa shape index (κ2) is 10.2. The van der Waals surface area contributed by atoms with Crippen LogP contribution in [0.1, 0.15) is 53.0 Å². The molecule has 0 aliphatic heterocycles. The highest BCUT2D eigenvalue weighted by Crippen LogP contribution is 2.19. The molecule has 0 spiro atoms. The first-order valence-corrected chi connectivity index (χ1v) is 9.21. The van der Waals surface area contributed by atoms with Gasteiger partial charge in [-0.25, -0.2) is 4.79 Å². The van der Waals surface area contributed by atoms with E-state index in [-0.39, 0.29) is 5.92 Å². The third-order valence-electron chi connectivity index (χ3n) is 4.14. The van der Waals surface area contributed by atoms with E-state index in [1.165, 1.54) is 0 Å². The Morgan fingerprint density at radius 1 is 1.31 bits per heavy atom. The van der Waals surface area contributed by atoms with Crippen LogP contribution in [-0.4, -0.2) is 28.9 Å². The number of carbonyl (C=O) groups excluding carboxylic acids is 1. The van der Waals surface area contributed by atoms with Crippen LogP contribution >= 0.6 is 0 Å². The number of aliphatic hydroxyl groups excluding tert-OH is 1. The summed E-state index contributed by atoms with van der Waals surface area (Å²) in [4.78, 5) is 12.1. The van der Waals surface area contributed by atoms with E-state index < -0.39 is 23.8 Å². The normalized spacial score (nSPS) is 15.3. The molecule has 1 rings (SSSR count). The molecule has 0 saturated heterocycles. The molecule has 1 amide bonds. The molecular formula is C22H33NO3. The predicted molar refractivity (Wildman–Crippen MR) is 108 cm³/mol. The molecule has 4 nitrogen and oxygen atoms in total. The molecule has 1 unspecified atom stereocenters. The fourth-order valence-corrected chi connectivity index (χ4v) is 2.56. The molecule has 0 saturated carbocycles. The number of alkyl carbamates (subject to hydrolysis) is 1. The maximum atomic E-state index is 12.1. The fraction of sp³-hybridized carbons (Fsp3) is 0.500. The maximum absolute atomic E-state index is 12.1. The molecule has 0 radical (unpaired) electrons. The van der Waals surface area contributed by atoms with Crippen molar-refractivity contribution in [2.45, 2.75) is 65.2 Å². The molecule has 1 aromatic rings. The fourth-order valence-electron chi connectivity index (χ4n) is 2.56. The SMILES string of the molecule is C=C(/C=C/c1ccccc1)C[C@H](O)[C@@H](NC(=O)OC(C)(C)C)C(C)CC. The van der Waals surface area contributed by atoms with Crippen LogP contribution in [0.2, 0.25) is 0 Å².